The summed E-state index contributed by atoms with van der Waals surface area (Å²) < 4.78 is 18.7. The predicted octanol–water partition coefficient (Wildman–Crippen LogP) is 3.66. The normalized spacial score (nSPS) is 10.1. The zero-order chi connectivity index (χ0) is 11.4. The summed E-state index contributed by atoms with van der Waals surface area (Å²) in [6.07, 6.45) is 0. The van der Waals surface area contributed by atoms with Gasteiger partial charge in [-0.05, 0) is 40.5 Å². The molecule has 0 atom stereocenters. The van der Waals surface area contributed by atoms with Crippen LogP contribution in [0.3, 0.4) is 0 Å². The number of carbonyl (C=O) groups is 1. The lowest BCUT2D eigenvalue weighted by molar-refractivity contribution is 0.0520. The summed E-state index contributed by atoms with van der Waals surface area (Å²) in [7, 11) is 0. The Morgan fingerprint density at radius 1 is 1.53 bits per heavy atom. The standard InChI is InChI=1S/C10H9Br2FO2/c1-2-15-10(14)9-7(12)3-6(5-11)4-8(9)13/h3-4H,2,5H2,1H3. The summed E-state index contributed by atoms with van der Waals surface area (Å²) >= 11 is 6.36. The molecule has 5 heteroatoms. The Morgan fingerprint density at radius 2 is 2.20 bits per heavy atom. The van der Waals surface area contributed by atoms with Crippen molar-refractivity contribution in [2.24, 2.45) is 0 Å². The van der Waals surface area contributed by atoms with E-state index in [4.69, 9.17) is 4.74 Å². The number of benzene rings is 1. The highest BCUT2D eigenvalue weighted by molar-refractivity contribution is 9.10. The summed E-state index contributed by atoms with van der Waals surface area (Å²) in [6.45, 7) is 1.90. The number of esters is 1. The topological polar surface area (TPSA) is 26.3 Å². The Balaban J connectivity index is 3.13. The average molecular weight is 340 g/mol. The summed E-state index contributed by atoms with van der Waals surface area (Å²) in [4.78, 5) is 11.4. The molecule has 0 fully saturated rings. The highest BCUT2D eigenvalue weighted by atomic mass is 79.9. The third-order valence-electron chi connectivity index (χ3n) is 1.74. The van der Waals surface area contributed by atoms with Crippen molar-refractivity contribution in [2.75, 3.05) is 6.61 Å². The summed E-state index contributed by atoms with van der Waals surface area (Å²) in [5.74, 6) is -1.22. The van der Waals surface area contributed by atoms with Crippen LogP contribution >= 0.6 is 31.9 Å². The zero-order valence-corrected chi connectivity index (χ0v) is 11.2. The van der Waals surface area contributed by atoms with Gasteiger partial charge in [0, 0.05) is 9.80 Å². The Morgan fingerprint density at radius 3 is 2.67 bits per heavy atom. The van der Waals surface area contributed by atoms with Gasteiger partial charge in [-0.25, -0.2) is 9.18 Å². The van der Waals surface area contributed by atoms with Crippen LogP contribution in [0.15, 0.2) is 16.6 Å². The zero-order valence-electron chi connectivity index (χ0n) is 8.02. The second kappa shape index (κ2) is 5.61. The predicted molar refractivity (Wildman–Crippen MR) is 62.7 cm³/mol. The lowest BCUT2D eigenvalue weighted by Crippen LogP contribution is -2.08. The van der Waals surface area contributed by atoms with E-state index in [1.165, 1.54) is 6.07 Å². The molecule has 0 unspecified atom stereocenters. The van der Waals surface area contributed by atoms with Crippen molar-refractivity contribution in [3.63, 3.8) is 0 Å². The highest BCUT2D eigenvalue weighted by Gasteiger charge is 2.17. The maximum atomic E-state index is 13.5. The van der Waals surface area contributed by atoms with E-state index in [0.29, 0.717) is 9.80 Å². The average Bonchev–Trinajstić information content (AvgIpc) is 2.16. The Bertz CT molecular complexity index is 357. The van der Waals surface area contributed by atoms with Gasteiger partial charge >= 0.3 is 5.97 Å². The van der Waals surface area contributed by atoms with Crippen LogP contribution in [0.1, 0.15) is 22.8 Å². The van der Waals surface area contributed by atoms with E-state index >= 15 is 0 Å². The molecule has 0 saturated heterocycles. The molecule has 1 rings (SSSR count). The van der Waals surface area contributed by atoms with E-state index in [1.54, 1.807) is 13.0 Å². The van der Waals surface area contributed by atoms with Crippen LogP contribution in [0.5, 0.6) is 0 Å². The third-order valence-corrected chi connectivity index (χ3v) is 3.01. The lowest BCUT2D eigenvalue weighted by Gasteiger charge is -2.07. The van der Waals surface area contributed by atoms with Crippen LogP contribution in [0.25, 0.3) is 0 Å². The minimum absolute atomic E-state index is 0.0541. The number of halogens is 3. The van der Waals surface area contributed by atoms with Gasteiger partial charge in [-0.2, -0.15) is 0 Å². The maximum Gasteiger partial charge on any atom is 0.342 e. The van der Waals surface area contributed by atoms with Gasteiger partial charge in [0.1, 0.15) is 11.4 Å². The fourth-order valence-electron chi connectivity index (χ4n) is 1.10. The summed E-state index contributed by atoms with van der Waals surface area (Å²) in [5, 5.41) is 0.533. The van der Waals surface area contributed by atoms with Gasteiger partial charge in [0.05, 0.1) is 6.61 Å². The number of hydrogen-bond donors (Lipinski definition) is 0. The fourth-order valence-corrected chi connectivity index (χ4v) is 2.07. The van der Waals surface area contributed by atoms with Crippen molar-refractivity contribution in [2.45, 2.75) is 12.3 Å². The molecule has 0 bridgehead atoms. The van der Waals surface area contributed by atoms with Crippen molar-refractivity contribution in [1.82, 2.24) is 0 Å². The van der Waals surface area contributed by atoms with E-state index in [2.05, 4.69) is 31.9 Å². The van der Waals surface area contributed by atoms with Gasteiger partial charge in [0.25, 0.3) is 0 Å². The van der Waals surface area contributed by atoms with Crippen LogP contribution in [-0.2, 0) is 10.1 Å². The van der Waals surface area contributed by atoms with Gasteiger partial charge in [-0.3, -0.25) is 0 Å². The molecule has 0 spiro atoms. The SMILES string of the molecule is CCOC(=O)c1c(F)cc(CBr)cc1Br. The van der Waals surface area contributed by atoms with E-state index in [0.717, 1.165) is 5.56 Å². The summed E-state index contributed by atoms with van der Waals surface area (Å²) in [6, 6.07) is 3.00. The molecule has 2 nitrogen and oxygen atoms in total. The molecule has 82 valence electrons. The first kappa shape index (κ1) is 12.6. The van der Waals surface area contributed by atoms with Crippen molar-refractivity contribution < 1.29 is 13.9 Å². The number of ether oxygens (including phenoxy) is 1. The second-order valence-corrected chi connectivity index (χ2v) is 4.20. The number of hydrogen-bond acceptors (Lipinski definition) is 2. The van der Waals surface area contributed by atoms with E-state index in [1.807, 2.05) is 0 Å². The molecule has 0 aliphatic heterocycles. The van der Waals surface area contributed by atoms with E-state index in [-0.39, 0.29) is 12.2 Å². The van der Waals surface area contributed by atoms with Crippen LogP contribution in [0.4, 0.5) is 4.39 Å². The third kappa shape index (κ3) is 3.01. The molecular formula is C10H9Br2FO2. The molecule has 1 aromatic carbocycles. The highest BCUT2D eigenvalue weighted by Crippen LogP contribution is 2.24. The van der Waals surface area contributed by atoms with Crippen LogP contribution in [0, 0.1) is 5.82 Å². The molecule has 0 amide bonds. The van der Waals surface area contributed by atoms with Crippen molar-refractivity contribution in [3.8, 4) is 0 Å². The quantitative estimate of drug-likeness (QED) is 0.620. The minimum Gasteiger partial charge on any atom is -0.462 e. The summed E-state index contributed by atoms with van der Waals surface area (Å²) in [5.41, 5.74) is 0.703. The number of carbonyl (C=O) groups excluding carboxylic acids is 1. The molecular weight excluding hydrogens is 331 g/mol. The van der Waals surface area contributed by atoms with Gasteiger partial charge in [-0.15, -0.1) is 0 Å². The monoisotopic (exact) mass is 338 g/mol. The van der Waals surface area contributed by atoms with Crippen LogP contribution in [-0.4, -0.2) is 12.6 Å². The molecule has 15 heavy (non-hydrogen) atoms. The van der Waals surface area contributed by atoms with Gasteiger partial charge in [0.15, 0.2) is 0 Å². The van der Waals surface area contributed by atoms with Crippen molar-refractivity contribution in [3.05, 3.63) is 33.5 Å². The first-order valence-electron chi connectivity index (χ1n) is 4.31. The van der Waals surface area contributed by atoms with Crippen LogP contribution in [0.2, 0.25) is 0 Å². The first-order valence-corrected chi connectivity index (χ1v) is 6.22. The fraction of sp³-hybridized carbons (Fsp3) is 0.300. The second-order valence-electron chi connectivity index (χ2n) is 2.79. The number of rotatable bonds is 3. The minimum atomic E-state index is -0.650. The molecule has 0 aliphatic rings. The molecule has 1 aromatic rings. The molecule has 0 aliphatic carbocycles. The largest absolute Gasteiger partial charge is 0.462 e. The number of alkyl halides is 1. The van der Waals surface area contributed by atoms with Crippen molar-refractivity contribution in [1.29, 1.82) is 0 Å². The Labute approximate surface area is 104 Å². The lowest BCUT2D eigenvalue weighted by atomic mass is 10.1. The molecule has 0 aromatic heterocycles. The van der Waals surface area contributed by atoms with Crippen LogP contribution < -0.4 is 0 Å². The van der Waals surface area contributed by atoms with Crippen molar-refractivity contribution >= 4 is 37.8 Å². The maximum absolute atomic E-state index is 13.5. The molecule has 0 N–H and O–H groups in total. The van der Waals surface area contributed by atoms with Gasteiger partial charge in [-0.1, -0.05) is 15.9 Å². The Kier molecular flexibility index (Phi) is 4.73. The van der Waals surface area contributed by atoms with Gasteiger partial charge < -0.3 is 4.74 Å². The Hall–Kier alpha value is -0.420. The van der Waals surface area contributed by atoms with Gasteiger partial charge in [0.2, 0.25) is 0 Å². The first-order chi connectivity index (χ1) is 7.10. The molecule has 0 radical (unpaired) electrons. The van der Waals surface area contributed by atoms with E-state index < -0.39 is 11.8 Å². The van der Waals surface area contributed by atoms with E-state index in [9.17, 15) is 9.18 Å². The molecule has 0 heterocycles. The smallest absolute Gasteiger partial charge is 0.342 e. The molecule has 0 saturated carbocycles.